The molecular formula is C23H20F4N7OY-. The maximum absolute atomic E-state index is 15.8. The second-order valence-corrected chi connectivity index (χ2v) is 8.15. The normalized spacial score (nSPS) is 14.6. The third-order valence-corrected chi connectivity index (χ3v) is 5.99. The van der Waals surface area contributed by atoms with Gasteiger partial charge >= 0.3 is 0 Å². The van der Waals surface area contributed by atoms with Crippen molar-refractivity contribution in [2.24, 2.45) is 0 Å². The molecule has 0 spiro atoms. The molecule has 0 saturated heterocycles. The van der Waals surface area contributed by atoms with Crippen LogP contribution < -0.4 is 0 Å². The largest absolute Gasteiger partial charge is 0.382 e. The van der Waals surface area contributed by atoms with Crippen LogP contribution in [-0.2, 0) is 44.9 Å². The molecule has 0 amide bonds. The van der Waals surface area contributed by atoms with Crippen LogP contribution in [0.3, 0.4) is 0 Å². The van der Waals surface area contributed by atoms with Gasteiger partial charge in [0.25, 0.3) is 0 Å². The molecule has 1 aromatic carbocycles. The fourth-order valence-electron chi connectivity index (χ4n) is 3.94. The Morgan fingerprint density at radius 2 is 1.72 bits per heavy atom. The van der Waals surface area contributed by atoms with Crippen LogP contribution in [0.15, 0.2) is 37.2 Å². The number of aryl methyl sites for hydroxylation is 1. The molecule has 4 aromatic rings. The van der Waals surface area contributed by atoms with E-state index < -0.39 is 40.7 Å². The van der Waals surface area contributed by atoms with Crippen molar-refractivity contribution < 1.29 is 55.4 Å². The number of aromatic nitrogens is 7. The summed E-state index contributed by atoms with van der Waals surface area (Å²) < 4.78 is 60.0. The van der Waals surface area contributed by atoms with E-state index in [-0.39, 0.29) is 67.6 Å². The zero-order valence-corrected chi connectivity index (χ0v) is 22.3. The van der Waals surface area contributed by atoms with Gasteiger partial charge in [0.1, 0.15) is 36.2 Å². The summed E-state index contributed by atoms with van der Waals surface area (Å²) in [6.45, 7) is 4.01. The molecule has 0 saturated carbocycles. The van der Waals surface area contributed by atoms with Crippen molar-refractivity contribution >= 4 is 0 Å². The number of benzene rings is 1. The maximum atomic E-state index is 15.8. The van der Waals surface area contributed by atoms with E-state index in [2.05, 4.69) is 36.3 Å². The van der Waals surface area contributed by atoms with Gasteiger partial charge in [-0.3, -0.25) is 0 Å². The number of aliphatic hydroxyl groups is 1. The molecule has 0 bridgehead atoms. The number of hydrogen-bond donors (Lipinski definition) is 1. The Morgan fingerprint density at radius 1 is 1.00 bits per heavy atom. The van der Waals surface area contributed by atoms with E-state index in [1.165, 1.54) is 38.1 Å². The fourth-order valence-corrected chi connectivity index (χ4v) is 3.94. The molecule has 0 aliphatic carbocycles. The summed E-state index contributed by atoms with van der Waals surface area (Å²) in [6.07, 6.45) is 5.89. The second kappa shape index (κ2) is 11.1. The molecule has 185 valence electrons. The third kappa shape index (κ3) is 5.21. The van der Waals surface area contributed by atoms with E-state index in [1.807, 2.05) is 0 Å². The minimum Gasteiger partial charge on any atom is -0.382 e. The van der Waals surface area contributed by atoms with E-state index in [4.69, 9.17) is 0 Å². The van der Waals surface area contributed by atoms with Crippen molar-refractivity contribution in [1.29, 1.82) is 0 Å². The predicted molar refractivity (Wildman–Crippen MR) is 114 cm³/mol. The first-order valence-electron chi connectivity index (χ1n) is 10.5. The van der Waals surface area contributed by atoms with Crippen LogP contribution >= 0.6 is 0 Å². The van der Waals surface area contributed by atoms with Gasteiger partial charge in [-0.15, -0.1) is 0 Å². The third-order valence-electron chi connectivity index (χ3n) is 5.99. The molecule has 3 aromatic heterocycles. The van der Waals surface area contributed by atoms with Crippen LogP contribution in [0.4, 0.5) is 17.6 Å². The van der Waals surface area contributed by atoms with Gasteiger partial charge in [0, 0.05) is 62.5 Å². The zero-order valence-electron chi connectivity index (χ0n) is 19.5. The molecule has 1 N–H and O–H groups in total. The van der Waals surface area contributed by atoms with Gasteiger partial charge in [-0.1, -0.05) is 26.8 Å². The summed E-state index contributed by atoms with van der Waals surface area (Å²) in [4.78, 5) is 19.2. The smallest absolute Gasteiger partial charge is 0.166 e. The Bertz CT molecular complexity index is 1360. The van der Waals surface area contributed by atoms with Gasteiger partial charge in [0.2, 0.25) is 0 Å². The van der Waals surface area contributed by atoms with E-state index in [1.54, 1.807) is 0 Å². The molecule has 8 nitrogen and oxygen atoms in total. The van der Waals surface area contributed by atoms with Crippen molar-refractivity contribution in [2.75, 3.05) is 0 Å². The molecule has 0 aliphatic heterocycles. The van der Waals surface area contributed by atoms with Gasteiger partial charge in [-0.25, -0.2) is 37.2 Å². The van der Waals surface area contributed by atoms with Crippen LogP contribution in [0, 0.1) is 36.5 Å². The van der Waals surface area contributed by atoms with Crippen LogP contribution in [0.2, 0.25) is 0 Å². The Hall–Kier alpha value is -2.70. The van der Waals surface area contributed by atoms with Crippen molar-refractivity contribution in [3.8, 4) is 0 Å². The first kappa shape index (κ1) is 27.9. The predicted octanol–water partition coefficient (Wildman–Crippen LogP) is 3.36. The van der Waals surface area contributed by atoms with Crippen LogP contribution in [0.25, 0.3) is 0 Å². The molecule has 13 heteroatoms. The first-order chi connectivity index (χ1) is 16.6. The van der Waals surface area contributed by atoms with Crippen LogP contribution in [-0.4, -0.2) is 39.8 Å². The number of hydrogen-bond acceptors (Lipinski definition) is 7. The quantitative estimate of drug-likeness (QED) is 0.267. The molecule has 3 atom stereocenters. The fraction of sp³-hybridized carbons (Fsp3) is 0.304. The monoisotopic (exact) mass is 575 g/mol. The summed E-state index contributed by atoms with van der Waals surface area (Å²) >= 11 is 0. The summed E-state index contributed by atoms with van der Waals surface area (Å²) in [5.41, 5.74) is -2.94. The standard InChI is InChI=1S/C23H20F4N7O.Y/c1-12(20-18(26)14(3)29-9-30-20)21-19(27)22(32-10-31-21)13(2)23(35,7-34-11-28-8-33-34)16-5-4-15(24)6-17(16)25;/h4-6,8,10-13,35H,7H2,1-3H3;/q-1;. The zero-order chi connectivity index (χ0) is 25.3. The average molecular weight is 575 g/mol. The van der Waals surface area contributed by atoms with Crippen molar-refractivity contribution in [3.05, 3.63) is 95.1 Å². The molecule has 4 rings (SSSR count). The molecule has 3 heterocycles. The van der Waals surface area contributed by atoms with Crippen molar-refractivity contribution in [1.82, 2.24) is 34.7 Å². The Balaban J connectivity index is 0.00000361. The molecule has 0 aliphatic rings. The van der Waals surface area contributed by atoms with Gasteiger partial charge in [0.05, 0.1) is 23.7 Å². The van der Waals surface area contributed by atoms with Gasteiger partial charge in [-0.2, -0.15) is 5.10 Å². The van der Waals surface area contributed by atoms with Crippen LogP contribution in [0.1, 0.15) is 54.0 Å². The van der Waals surface area contributed by atoms with Gasteiger partial charge in [0.15, 0.2) is 5.82 Å². The first-order valence-corrected chi connectivity index (χ1v) is 10.5. The van der Waals surface area contributed by atoms with E-state index >= 15 is 4.39 Å². The van der Waals surface area contributed by atoms with E-state index in [0.29, 0.717) is 6.07 Å². The minimum absolute atomic E-state index is 0. The Kier molecular flexibility index (Phi) is 8.63. The van der Waals surface area contributed by atoms with Crippen molar-refractivity contribution in [2.45, 2.75) is 44.8 Å². The van der Waals surface area contributed by atoms with Gasteiger partial charge in [-0.05, 0) is 17.5 Å². The second-order valence-electron chi connectivity index (χ2n) is 8.15. The van der Waals surface area contributed by atoms with E-state index in [0.717, 1.165) is 18.5 Å². The molecule has 1 radical (unpaired) electrons. The van der Waals surface area contributed by atoms with Gasteiger partial charge < -0.3 is 15.1 Å². The topological polar surface area (TPSA) is 102 Å². The van der Waals surface area contributed by atoms with E-state index in [9.17, 15) is 18.3 Å². The summed E-state index contributed by atoms with van der Waals surface area (Å²) in [7, 11) is 0. The summed E-state index contributed by atoms with van der Waals surface area (Å²) in [5, 5.41) is 15.7. The molecule has 36 heavy (non-hydrogen) atoms. The maximum Gasteiger partial charge on any atom is 0.166 e. The number of rotatable bonds is 7. The molecule has 3 unspecified atom stereocenters. The number of halogens is 4. The van der Waals surface area contributed by atoms with Crippen molar-refractivity contribution in [3.63, 3.8) is 0 Å². The Morgan fingerprint density at radius 3 is 2.39 bits per heavy atom. The SMILES string of the molecule is Cc1n[c-]nc(C(C)c2ncnc(C(C)C(O)(Cn3cncn3)c3ccc(F)cc3F)c2F)c1F.[Y]. The summed E-state index contributed by atoms with van der Waals surface area (Å²) in [5.74, 6) is -5.67. The Labute approximate surface area is 229 Å². The average Bonchev–Trinajstić information content (AvgIpc) is 3.33. The summed E-state index contributed by atoms with van der Waals surface area (Å²) in [6, 6.07) is 2.68. The molecular weight excluding hydrogens is 555 g/mol. The van der Waals surface area contributed by atoms with Crippen LogP contribution in [0.5, 0.6) is 0 Å². The minimum atomic E-state index is -2.13. The molecule has 0 fully saturated rings. The number of nitrogens with zero attached hydrogens (tertiary/aromatic N) is 7.